The highest BCUT2D eigenvalue weighted by molar-refractivity contribution is 5.94. The standard InChI is InChI=1S/C26H34N4O3/c1-4-20(3)24(31)28-23-11-6-9-21(17-23)18-27-26(33)30-13-7-12-29(14-15-30)25(32)22-10-5-8-19(2)16-22/h5-6,8-11,16-17,20H,4,7,12-15,18H2,1-3H3,(H,27,33)(H,28,31). The molecule has 33 heavy (non-hydrogen) atoms. The predicted molar refractivity (Wildman–Crippen MR) is 130 cm³/mol. The molecule has 7 heteroatoms. The number of aryl methyl sites for hydroxylation is 1. The van der Waals surface area contributed by atoms with Gasteiger partial charge >= 0.3 is 6.03 Å². The minimum atomic E-state index is -0.145. The topological polar surface area (TPSA) is 81.8 Å². The summed E-state index contributed by atoms with van der Waals surface area (Å²) in [5.74, 6) is -0.0426. The number of carbonyl (C=O) groups excluding carboxylic acids is 3. The second-order valence-corrected chi connectivity index (χ2v) is 8.66. The van der Waals surface area contributed by atoms with E-state index >= 15 is 0 Å². The monoisotopic (exact) mass is 450 g/mol. The van der Waals surface area contributed by atoms with Gasteiger partial charge in [0.1, 0.15) is 0 Å². The van der Waals surface area contributed by atoms with Crippen LogP contribution in [0.5, 0.6) is 0 Å². The van der Waals surface area contributed by atoms with Crippen LogP contribution in [0, 0.1) is 12.8 Å². The first-order valence-corrected chi connectivity index (χ1v) is 11.7. The number of anilines is 1. The summed E-state index contributed by atoms with van der Waals surface area (Å²) >= 11 is 0. The van der Waals surface area contributed by atoms with Crippen molar-refractivity contribution in [2.24, 2.45) is 5.92 Å². The van der Waals surface area contributed by atoms with Crippen LogP contribution in [0.4, 0.5) is 10.5 Å². The van der Waals surface area contributed by atoms with Gasteiger partial charge in [-0.05, 0) is 49.6 Å². The minimum absolute atomic E-state index is 0.00647. The number of amides is 4. The summed E-state index contributed by atoms with van der Waals surface area (Å²) in [5.41, 5.74) is 3.39. The molecule has 1 aliphatic rings. The lowest BCUT2D eigenvalue weighted by molar-refractivity contribution is -0.119. The van der Waals surface area contributed by atoms with E-state index in [1.165, 1.54) is 0 Å². The Morgan fingerprint density at radius 3 is 2.45 bits per heavy atom. The molecule has 1 unspecified atom stereocenters. The lowest BCUT2D eigenvalue weighted by atomic mass is 10.1. The number of rotatable bonds is 6. The van der Waals surface area contributed by atoms with Gasteiger partial charge in [-0.1, -0.05) is 43.7 Å². The van der Waals surface area contributed by atoms with Crippen molar-refractivity contribution in [1.29, 1.82) is 0 Å². The van der Waals surface area contributed by atoms with E-state index in [9.17, 15) is 14.4 Å². The van der Waals surface area contributed by atoms with Crippen LogP contribution in [-0.2, 0) is 11.3 Å². The molecule has 7 nitrogen and oxygen atoms in total. The minimum Gasteiger partial charge on any atom is -0.337 e. The molecule has 0 radical (unpaired) electrons. The molecule has 2 aromatic carbocycles. The molecule has 2 aromatic rings. The normalized spacial score (nSPS) is 14.9. The van der Waals surface area contributed by atoms with Crippen molar-refractivity contribution in [2.75, 3.05) is 31.5 Å². The summed E-state index contributed by atoms with van der Waals surface area (Å²) in [6, 6.07) is 15.0. The SMILES string of the molecule is CCC(C)C(=O)Nc1cccc(CNC(=O)N2CCCN(C(=O)c3cccc(C)c3)CC2)c1. The van der Waals surface area contributed by atoms with Crippen LogP contribution in [0.2, 0.25) is 0 Å². The first kappa shape index (κ1) is 24.3. The number of hydrogen-bond donors (Lipinski definition) is 2. The van der Waals surface area contributed by atoms with Crippen LogP contribution < -0.4 is 10.6 Å². The maximum atomic E-state index is 12.8. The zero-order valence-corrected chi connectivity index (χ0v) is 19.8. The summed E-state index contributed by atoms with van der Waals surface area (Å²) in [7, 11) is 0. The molecule has 1 fully saturated rings. The summed E-state index contributed by atoms with van der Waals surface area (Å²) in [6.45, 7) is 8.47. The summed E-state index contributed by atoms with van der Waals surface area (Å²) in [4.78, 5) is 41.3. The van der Waals surface area contributed by atoms with E-state index in [-0.39, 0.29) is 23.8 Å². The van der Waals surface area contributed by atoms with Crippen molar-refractivity contribution >= 4 is 23.5 Å². The largest absolute Gasteiger partial charge is 0.337 e. The Hall–Kier alpha value is -3.35. The number of urea groups is 1. The van der Waals surface area contributed by atoms with Crippen LogP contribution in [-0.4, -0.2) is 53.8 Å². The molecule has 3 rings (SSSR count). The van der Waals surface area contributed by atoms with Crippen molar-refractivity contribution in [1.82, 2.24) is 15.1 Å². The highest BCUT2D eigenvalue weighted by Gasteiger charge is 2.23. The fourth-order valence-corrected chi connectivity index (χ4v) is 3.78. The lowest BCUT2D eigenvalue weighted by Gasteiger charge is -2.23. The Balaban J connectivity index is 1.51. The molecular formula is C26H34N4O3. The molecule has 0 aromatic heterocycles. The highest BCUT2D eigenvalue weighted by Crippen LogP contribution is 2.14. The maximum Gasteiger partial charge on any atom is 0.317 e. The molecule has 1 aliphatic heterocycles. The first-order chi connectivity index (χ1) is 15.9. The second kappa shape index (κ2) is 11.5. The van der Waals surface area contributed by atoms with Crippen LogP contribution >= 0.6 is 0 Å². The Morgan fingerprint density at radius 2 is 1.70 bits per heavy atom. The third-order valence-electron chi connectivity index (χ3n) is 6.03. The Morgan fingerprint density at radius 1 is 0.970 bits per heavy atom. The number of nitrogens with one attached hydrogen (secondary N) is 2. The van der Waals surface area contributed by atoms with Gasteiger partial charge in [0.25, 0.3) is 5.91 Å². The van der Waals surface area contributed by atoms with Gasteiger partial charge in [-0.15, -0.1) is 0 Å². The third kappa shape index (κ3) is 6.81. The zero-order valence-electron chi connectivity index (χ0n) is 19.8. The molecule has 2 N–H and O–H groups in total. The lowest BCUT2D eigenvalue weighted by Crippen LogP contribution is -2.42. The molecule has 1 saturated heterocycles. The van der Waals surface area contributed by atoms with Crippen LogP contribution in [0.25, 0.3) is 0 Å². The smallest absolute Gasteiger partial charge is 0.317 e. The molecule has 0 bridgehead atoms. The highest BCUT2D eigenvalue weighted by atomic mass is 16.2. The summed E-state index contributed by atoms with van der Waals surface area (Å²) in [6.07, 6.45) is 1.52. The van der Waals surface area contributed by atoms with Crippen LogP contribution in [0.1, 0.15) is 48.2 Å². The van der Waals surface area contributed by atoms with Gasteiger partial charge in [0.15, 0.2) is 0 Å². The van der Waals surface area contributed by atoms with E-state index in [0.29, 0.717) is 38.3 Å². The van der Waals surface area contributed by atoms with Gasteiger partial charge in [0, 0.05) is 49.9 Å². The van der Waals surface area contributed by atoms with E-state index in [1.54, 1.807) is 4.90 Å². The maximum absolute atomic E-state index is 12.8. The fraction of sp³-hybridized carbons (Fsp3) is 0.423. The van der Waals surface area contributed by atoms with Gasteiger partial charge in [-0.2, -0.15) is 0 Å². The van der Waals surface area contributed by atoms with Crippen molar-refractivity contribution in [3.63, 3.8) is 0 Å². The van der Waals surface area contributed by atoms with Crippen molar-refractivity contribution in [3.8, 4) is 0 Å². The molecule has 0 spiro atoms. The Labute approximate surface area is 196 Å². The number of hydrogen-bond acceptors (Lipinski definition) is 3. The van der Waals surface area contributed by atoms with Crippen molar-refractivity contribution in [3.05, 3.63) is 65.2 Å². The molecule has 1 heterocycles. The Bertz CT molecular complexity index is 991. The molecule has 1 atom stereocenters. The third-order valence-corrected chi connectivity index (χ3v) is 6.03. The fourth-order valence-electron chi connectivity index (χ4n) is 3.78. The van der Waals surface area contributed by atoms with E-state index in [4.69, 9.17) is 0 Å². The van der Waals surface area contributed by atoms with Gasteiger partial charge in [0.05, 0.1) is 0 Å². The van der Waals surface area contributed by atoms with Gasteiger partial charge in [-0.25, -0.2) is 4.79 Å². The summed E-state index contributed by atoms with van der Waals surface area (Å²) < 4.78 is 0. The molecule has 0 aliphatic carbocycles. The predicted octanol–water partition coefficient (Wildman–Crippen LogP) is 4.04. The number of carbonyl (C=O) groups is 3. The van der Waals surface area contributed by atoms with Crippen LogP contribution in [0.15, 0.2) is 48.5 Å². The number of benzene rings is 2. The molecule has 4 amide bonds. The molecule has 0 saturated carbocycles. The van der Waals surface area contributed by atoms with E-state index in [2.05, 4.69) is 10.6 Å². The average molecular weight is 451 g/mol. The van der Waals surface area contributed by atoms with E-state index in [0.717, 1.165) is 29.7 Å². The average Bonchev–Trinajstić information content (AvgIpc) is 3.08. The number of nitrogens with zero attached hydrogens (tertiary/aromatic N) is 2. The van der Waals surface area contributed by atoms with E-state index in [1.807, 2.05) is 74.2 Å². The van der Waals surface area contributed by atoms with Gasteiger partial charge in [0.2, 0.25) is 5.91 Å². The van der Waals surface area contributed by atoms with Gasteiger partial charge in [-0.3, -0.25) is 9.59 Å². The van der Waals surface area contributed by atoms with Crippen molar-refractivity contribution in [2.45, 2.75) is 40.2 Å². The summed E-state index contributed by atoms with van der Waals surface area (Å²) in [5, 5.41) is 5.89. The Kier molecular flexibility index (Phi) is 8.46. The first-order valence-electron chi connectivity index (χ1n) is 11.7. The second-order valence-electron chi connectivity index (χ2n) is 8.66. The zero-order chi connectivity index (χ0) is 23.8. The van der Waals surface area contributed by atoms with Crippen molar-refractivity contribution < 1.29 is 14.4 Å². The quantitative estimate of drug-likeness (QED) is 0.697. The molecule has 176 valence electrons. The van der Waals surface area contributed by atoms with Crippen LogP contribution in [0.3, 0.4) is 0 Å². The van der Waals surface area contributed by atoms with E-state index < -0.39 is 0 Å². The van der Waals surface area contributed by atoms with Gasteiger partial charge < -0.3 is 20.4 Å². The molecular weight excluding hydrogens is 416 g/mol.